The third-order valence-corrected chi connectivity index (χ3v) is 2.35. The number of carbonyl (C=O) groups is 1. The van der Waals surface area contributed by atoms with Crippen LogP contribution in [0.25, 0.3) is 0 Å². The third kappa shape index (κ3) is 4.63. The number of nitrogens with one attached hydrogen (secondary N) is 1. The second-order valence-electron chi connectivity index (χ2n) is 4.56. The Kier molecular flexibility index (Phi) is 5.45. The first-order valence-electron chi connectivity index (χ1n) is 6.01. The first-order valence-corrected chi connectivity index (χ1v) is 6.01. The molecule has 0 aromatic heterocycles. The molecular weight excluding hydrogens is 230 g/mol. The Labute approximate surface area is 107 Å². The first-order chi connectivity index (χ1) is 8.50. The molecule has 1 amide bonds. The van der Waals surface area contributed by atoms with Crippen molar-refractivity contribution < 1.29 is 9.53 Å². The second kappa shape index (κ2) is 6.86. The molecule has 0 aliphatic heterocycles. The molecule has 0 saturated carbocycles. The highest BCUT2D eigenvalue weighted by Crippen LogP contribution is 2.17. The van der Waals surface area contributed by atoms with Crippen molar-refractivity contribution in [2.45, 2.75) is 13.8 Å². The van der Waals surface area contributed by atoms with E-state index in [2.05, 4.69) is 19.2 Å². The van der Waals surface area contributed by atoms with Crippen LogP contribution in [-0.2, 0) is 4.74 Å². The lowest BCUT2D eigenvalue weighted by Gasteiger charge is -2.10. The zero-order valence-corrected chi connectivity index (χ0v) is 10.9. The van der Waals surface area contributed by atoms with E-state index in [0.717, 1.165) is 12.3 Å². The molecule has 100 valence electrons. The number of rotatable bonds is 7. The average Bonchev–Trinajstić information content (AvgIpc) is 2.30. The molecule has 0 atom stereocenters. The van der Waals surface area contributed by atoms with Gasteiger partial charge in [-0.05, 0) is 24.1 Å². The van der Waals surface area contributed by atoms with Gasteiger partial charge in [0.2, 0.25) is 0 Å². The van der Waals surface area contributed by atoms with Crippen LogP contribution in [0.15, 0.2) is 18.2 Å². The summed E-state index contributed by atoms with van der Waals surface area (Å²) in [7, 11) is 0. The number of primary amides is 1. The Balaban J connectivity index is 2.43. The molecule has 0 spiro atoms. The number of benzene rings is 1. The maximum atomic E-state index is 11.1. The maximum absolute atomic E-state index is 11.1. The zero-order chi connectivity index (χ0) is 13.5. The van der Waals surface area contributed by atoms with Crippen LogP contribution in [0.5, 0.6) is 0 Å². The van der Waals surface area contributed by atoms with Crippen LogP contribution >= 0.6 is 0 Å². The second-order valence-corrected chi connectivity index (χ2v) is 4.56. The van der Waals surface area contributed by atoms with Gasteiger partial charge in [-0.25, -0.2) is 0 Å². The van der Waals surface area contributed by atoms with Crippen LogP contribution < -0.4 is 16.8 Å². The molecule has 0 radical (unpaired) electrons. The van der Waals surface area contributed by atoms with E-state index < -0.39 is 5.91 Å². The van der Waals surface area contributed by atoms with Gasteiger partial charge in [0.05, 0.1) is 12.2 Å². The van der Waals surface area contributed by atoms with Gasteiger partial charge in [-0.2, -0.15) is 0 Å². The Morgan fingerprint density at radius 3 is 2.78 bits per heavy atom. The fourth-order valence-corrected chi connectivity index (χ4v) is 1.47. The summed E-state index contributed by atoms with van der Waals surface area (Å²) in [6.45, 7) is 6.25. The van der Waals surface area contributed by atoms with Crippen molar-refractivity contribution in [3.05, 3.63) is 23.8 Å². The molecule has 18 heavy (non-hydrogen) atoms. The van der Waals surface area contributed by atoms with Gasteiger partial charge < -0.3 is 21.5 Å². The van der Waals surface area contributed by atoms with E-state index in [-0.39, 0.29) is 0 Å². The highest BCUT2D eigenvalue weighted by molar-refractivity contribution is 5.98. The van der Waals surface area contributed by atoms with Gasteiger partial charge in [0.25, 0.3) is 5.91 Å². The highest BCUT2D eigenvalue weighted by atomic mass is 16.5. The Bertz CT molecular complexity index is 405. The van der Waals surface area contributed by atoms with Crippen LogP contribution in [-0.4, -0.2) is 25.7 Å². The fourth-order valence-electron chi connectivity index (χ4n) is 1.47. The van der Waals surface area contributed by atoms with E-state index in [9.17, 15) is 4.79 Å². The maximum Gasteiger partial charge on any atom is 0.250 e. The summed E-state index contributed by atoms with van der Waals surface area (Å²) in [5, 5.41) is 3.15. The molecule has 1 aromatic rings. The largest absolute Gasteiger partial charge is 0.398 e. The molecule has 0 saturated heterocycles. The average molecular weight is 251 g/mol. The van der Waals surface area contributed by atoms with E-state index in [1.165, 1.54) is 0 Å². The highest BCUT2D eigenvalue weighted by Gasteiger charge is 2.06. The molecule has 1 rings (SSSR count). The van der Waals surface area contributed by atoms with Gasteiger partial charge in [-0.15, -0.1) is 0 Å². The summed E-state index contributed by atoms with van der Waals surface area (Å²) in [6.07, 6.45) is 0. The molecule has 5 nitrogen and oxygen atoms in total. The lowest BCUT2D eigenvalue weighted by molar-refractivity contribution is 0.100. The number of ether oxygens (including phenoxy) is 1. The minimum Gasteiger partial charge on any atom is -0.398 e. The summed E-state index contributed by atoms with van der Waals surface area (Å²) in [5.41, 5.74) is 12.4. The van der Waals surface area contributed by atoms with Gasteiger partial charge in [-0.3, -0.25) is 4.79 Å². The van der Waals surface area contributed by atoms with Crippen LogP contribution in [0.4, 0.5) is 11.4 Å². The zero-order valence-electron chi connectivity index (χ0n) is 10.9. The smallest absolute Gasteiger partial charge is 0.250 e. The predicted octanol–water partition coefficient (Wildman–Crippen LogP) is 1.45. The van der Waals surface area contributed by atoms with Crippen LogP contribution in [0.3, 0.4) is 0 Å². The third-order valence-electron chi connectivity index (χ3n) is 2.35. The molecule has 0 heterocycles. The minimum atomic E-state index is -0.521. The van der Waals surface area contributed by atoms with E-state index in [0.29, 0.717) is 30.3 Å². The van der Waals surface area contributed by atoms with Crippen LogP contribution in [0.1, 0.15) is 24.2 Å². The van der Waals surface area contributed by atoms with E-state index in [1.807, 2.05) is 6.07 Å². The summed E-state index contributed by atoms with van der Waals surface area (Å²) >= 11 is 0. The number of hydrogen-bond donors (Lipinski definition) is 3. The minimum absolute atomic E-state index is 0.336. The monoisotopic (exact) mass is 251 g/mol. The summed E-state index contributed by atoms with van der Waals surface area (Å²) in [5.74, 6) is 0.00944. The van der Waals surface area contributed by atoms with E-state index in [1.54, 1.807) is 12.1 Å². The van der Waals surface area contributed by atoms with Crippen LogP contribution in [0.2, 0.25) is 0 Å². The number of amides is 1. The molecule has 5 heteroatoms. The fraction of sp³-hybridized carbons (Fsp3) is 0.462. The van der Waals surface area contributed by atoms with Crippen molar-refractivity contribution in [1.82, 2.24) is 0 Å². The van der Waals surface area contributed by atoms with E-state index in [4.69, 9.17) is 16.2 Å². The number of anilines is 2. The van der Waals surface area contributed by atoms with Gasteiger partial charge >= 0.3 is 0 Å². The predicted molar refractivity (Wildman–Crippen MR) is 73.5 cm³/mol. The van der Waals surface area contributed by atoms with Gasteiger partial charge in [-0.1, -0.05) is 13.8 Å². The lowest BCUT2D eigenvalue weighted by Crippen LogP contribution is -2.15. The molecule has 0 aliphatic rings. The number of hydrogen-bond acceptors (Lipinski definition) is 4. The first kappa shape index (κ1) is 14.3. The summed E-state index contributed by atoms with van der Waals surface area (Å²) in [6, 6.07) is 5.13. The van der Waals surface area contributed by atoms with Crippen molar-refractivity contribution in [2.75, 3.05) is 30.8 Å². The normalized spacial score (nSPS) is 10.6. The van der Waals surface area contributed by atoms with Crippen molar-refractivity contribution in [1.29, 1.82) is 0 Å². The summed E-state index contributed by atoms with van der Waals surface area (Å²) < 4.78 is 5.44. The molecule has 1 aromatic carbocycles. The molecule has 0 bridgehead atoms. The molecule has 5 N–H and O–H groups in total. The van der Waals surface area contributed by atoms with Crippen molar-refractivity contribution in [2.24, 2.45) is 11.7 Å². The molecule has 0 aliphatic carbocycles. The lowest BCUT2D eigenvalue weighted by atomic mass is 10.1. The van der Waals surface area contributed by atoms with Crippen molar-refractivity contribution in [3.8, 4) is 0 Å². The molecule has 0 fully saturated rings. The number of carbonyl (C=O) groups excluding carboxylic acids is 1. The Hall–Kier alpha value is -1.75. The summed E-state index contributed by atoms with van der Waals surface area (Å²) in [4.78, 5) is 11.1. The number of nitrogens with two attached hydrogens (primary N) is 2. The Morgan fingerprint density at radius 1 is 1.44 bits per heavy atom. The van der Waals surface area contributed by atoms with Gasteiger partial charge in [0, 0.05) is 24.5 Å². The van der Waals surface area contributed by atoms with Crippen LogP contribution in [0, 0.1) is 5.92 Å². The Morgan fingerprint density at radius 2 is 2.17 bits per heavy atom. The number of nitrogen functional groups attached to an aromatic ring is 1. The SMILES string of the molecule is CC(C)COCCNc1ccc(N)c(C(N)=O)c1. The molecule has 0 unspecified atom stereocenters. The van der Waals surface area contributed by atoms with Crippen molar-refractivity contribution >= 4 is 17.3 Å². The molecular formula is C13H21N3O2. The van der Waals surface area contributed by atoms with Crippen molar-refractivity contribution in [3.63, 3.8) is 0 Å². The quantitative estimate of drug-likeness (QED) is 0.505. The topological polar surface area (TPSA) is 90.4 Å². The standard InChI is InChI=1S/C13H21N3O2/c1-9(2)8-18-6-5-16-10-3-4-12(14)11(7-10)13(15)17/h3-4,7,9,16H,5-6,8,14H2,1-2H3,(H2,15,17). The van der Waals surface area contributed by atoms with Gasteiger partial charge in [0.15, 0.2) is 0 Å². The van der Waals surface area contributed by atoms with Gasteiger partial charge in [0.1, 0.15) is 0 Å². The van der Waals surface area contributed by atoms with E-state index >= 15 is 0 Å².